The van der Waals surface area contributed by atoms with Crippen LogP contribution in [0.5, 0.6) is 5.75 Å². The minimum atomic E-state index is -0.480. The van der Waals surface area contributed by atoms with Gasteiger partial charge in [-0.3, -0.25) is 4.98 Å². The second-order valence-electron chi connectivity index (χ2n) is 8.34. The third kappa shape index (κ3) is 6.42. The molecule has 3 aromatic carbocycles. The molecule has 0 spiro atoms. The van der Waals surface area contributed by atoms with E-state index in [2.05, 4.69) is 46.6 Å². The van der Waals surface area contributed by atoms with Gasteiger partial charge in [-0.2, -0.15) is 4.91 Å². The van der Waals surface area contributed by atoms with Gasteiger partial charge in [-0.1, -0.05) is 71.9 Å². The second-order valence-corrected chi connectivity index (χ2v) is 8.34. The maximum absolute atomic E-state index is 11.8. The molecule has 6 heteroatoms. The van der Waals surface area contributed by atoms with E-state index < -0.39 is 12.0 Å². The number of carbonyl (C=O) groups excluding carboxylic acids is 1. The fourth-order valence-electron chi connectivity index (χ4n) is 4.22. The Kier molecular flexibility index (Phi) is 8.54. The van der Waals surface area contributed by atoms with Gasteiger partial charge in [0.05, 0.1) is 6.61 Å². The molecule has 0 bridgehead atoms. The van der Waals surface area contributed by atoms with Crippen molar-refractivity contribution in [3.8, 4) is 16.9 Å². The summed E-state index contributed by atoms with van der Waals surface area (Å²) in [7, 11) is 0. The van der Waals surface area contributed by atoms with Crippen molar-refractivity contribution >= 4 is 5.97 Å². The van der Waals surface area contributed by atoms with E-state index in [1.54, 1.807) is 19.3 Å². The summed E-state index contributed by atoms with van der Waals surface area (Å²) in [4.78, 5) is 27.5. The third-order valence-corrected chi connectivity index (χ3v) is 6.02. The number of ether oxygens (including phenoxy) is 2. The van der Waals surface area contributed by atoms with Crippen LogP contribution in [0.25, 0.3) is 11.1 Å². The standard InChI is InChI=1S/C30H28N2O4/c1-2-35-30(33)21-36-27-10-6-9-26(19-27)22-11-13-24(14-12-22)28(23-7-4-3-5-8-23)20-29(32-34)25-15-17-31-18-16-25/h3-19,28-29H,2,20-21H2,1H3. The molecule has 36 heavy (non-hydrogen) atoms. The molecule has 0 radical (unpaired) electrons. The minimum absolute atomic E-state index is 0.00430. The third-order valence-electron chi connectivity index (χ3n) is 6.02. The summed E-state index contributed by atoms with van der Waals surface area (Å²) < 4.78 is 10.5. The van der Waals surface area contributed by atoms with Crippen molar-refractivity contribution in [2.24, 2.45) is 5.18 Å². The Morgan fingerprint density at radius 3 is 2.25 bits per heavy atom. The first-order chi connectivity index (χ1) is 17.7. The van der Waals surface area contributed by atoms with E-state index in [9.17, 15) is 9.70 Å². The molecule has 2 unspecified atom stereocenters. The molecule has 182 valence electrons. The number of nitrogens with zero attached hydrogens (tertiary/aromatic N) is 2. The molecule has 0 aliphatic carbocycles. The number of carbonyl (C=O) groups is 1. The molecular formula is C30H28N2O4. The number of hydrogen-bond acceptors (Lipinski definition) is 6. The first-order valence-electron chi connectivity index (χ1n) is 11.9. The van der Waals surface area contributed by atoms with Crippen LogP contribution in [0, 0.1) is 4.91 Å². The molecular weight excluding hydrogens is 452 g/mol. The van der Waals surface area contributed by atoms with Crippen molar-refractivity contribution < 1.29 is 14.3 Å². The first-order valence-corrected chi connectivity index (χ1v) is 11.9. The SMILES string of the molecule is CCOC(=O)COc1cccc(-c2ccc(C(CC(N=O)c3ccncc3)c3ccccc3)cc2)c1. The van der Waals surface area contributed by atoms with Crippen LogP contribution in [0.3, 0.4) is 0 Å². The molecule has 6 nitrogen and oxygen atoms in total. The van der Waals surface area contributed by atoms with E-state index in [4.69, 9.17) is 9.47 Å². The molecule has 0 saturated heterocycles. The number of nitroso groups, excluding NO2 is 1. The monoisotopic (exact) mass is 480 g/mol. The van der Waals surface area contributed by atoms with Gasteiger partial charge < -0.3 is 9.47 Å². The van der Waals surface area contributed by atoms with Crippen LogP contribution in [0.1, 0.15) is 42.0 Å². The van der Waals surface area contributed by atoms with Crippen molar-refractivity contribution in [2.45, 2.75) is 25.3 Å². The van der Waals surface area contributed by atoms with Gasteiger partial charge in [0.1, 0.15) is 11.8 Å². The van der Waals surface area contributed by atoms with Crippen LogP contribution in [0.2, 0.25) is 0 Å². The molecule has 0 fully saturated rings. The summed E-state index contributed by atoms with van der Waals surface area (Å²) in [6, 6.07) is 29.3. The van der Waals surface area contributed by atoms with Gasteiger partial charge in [0.15, 0.2) is 6.61 Å². The summed E-state index contributed by atoms with van der Waals surface area (Å²) in [5.74, 6) is 0.202. The molecule has 4 aromatic rings. The summed E-state index contributed by atoms with van der Waals surface area (Å²) >= 11 is 0. The smallest absolute Gasteiger partial charge is 0.344 e. The quantitative estimate of drug-likeness (QED) is 0.176. The number of esters is 1. The fourth-order valence-corrected chi connectivity index (χ4v) is 4.22. The number of pyridine rings is 1. The molecule has 1 aromatic heterocycles. The highest BCUT2D eigenvalue weighted by Gasteiger charge is 2.22. The van der Waals surface area contributed by atoms with Crippen LogP contribution < -0.4 is 4.74 Å². The highest BCUT2D eigenvalue weighted by molar-refractivity contribution is 5.71. The highest BCUT2D eigenvalue weighted by atomic mass is 16.6. The minimum Gasteiger partial charge on any atom is -0.482 e. The predicted molar refractivity (Wildman–Crippen MR) is 140 cm³/mol. The van der Waals surface area contributed by atoms with Gasteiger partial charge >= 0.3 is 5.97 Å². The Balaban J connectivity index is 1.56. The topological polar surface area (TPSA) is 77.9 Å². The molecule has 0 amide bonds. The van der Waals surface area contributed by atoms with Crippen LogP contribution in [0.15, 0.2) is 109 Å². The zero-order chi connectivity index (χ0) is 25.2. The van der Waals surface area contributed by atoms with Crippen molar-refractivity contribution in [2.75, 3.05) is 13.2 Å². The molecule has 4 rings (SSSR count). The van der Waals surface area contributed by atoms with Gasteiger partial charge in [0, 0.05) is 18.3 Å². The lowest BCUT2D eigenvalue weighted by Gasteiger charge is -2.21. The van der Waals surface area contributed by atoms with E-state index in [-0.39, 0.29) is 12.5 Å². The van der Waals surface area contributed by atoms with Crippen LogP contribution in [0.4, 0.5) is 0 Å². The van der Waals surface area contributed by atoms with Crippen LogP contribution in [-0.4, -0.2) is 24.2 Å². The largest absolute Gasteiger partial charge is 0.482 e. The Labute approximate surface area is 210 Å². The number of hydrogen-bond donors (Lipinski definition) is 0. The van der Waals surface area contributed by atoms with Gasteiger partial charge in [0.25, 0.3) is 0 Å². The summed E-state index contributed by atoms with van der Waals surface area (Å²) in [6.07, 6.45) is 3.92. The predicted octanol–water partition coefficient (Wildman–Crippen LogP) is 6.72. The molecule has 2 atom stereocenters. The van der Waals surface area contributed by atoms with Crippen molar-refractivity contribution in [1.29, 1.82) is 0 Å². The zero-order valence-corrected chi connectivity index (χ0v) is 20.1. The van der Waals surface area contributed by atoms with E-state index in [0.29, 0.717) is 18.8 Å². The van der Waals surface area contributed by atoms with Gasteiger partial charge in [0.2, 0.25) is 0 Å². The Hall–Kier alpha value is -4.32. The van der Waals surface area contributed by atoms with Crippen LogP contribution >= 0.6 is 0 Å². The molecule has 0 N–H and O–H groups in total. The summed E-state index contributed by atoms with van der Waals surface area (Å²) in [5.41, 5.74) is 5.08. The number of benzene rings is 3. The van der Waals surface area contributed by atoms with E-state index in [0.717, 1.165) is 27.8 Å². The molecule has 0 saturated carbocycles. The van der Waals surface area contributed by atoms with Crippen molar-refractivity contribution in [3.63, 3.8) is 0 Å². The summed E-state index contributed by atoms with van der Waals surface area (Å²) in [5, 5.41) is 3.44. The Morgan fingerprint density at radius 2 is 1.56 bits per heavy atom. The lowest BCUT2D eigenvalue weighted by molar-refractivity contribution is -0.145. The van der Waals surface area contributed by atoms with E-state index in [1.807, 2.05) is 54.6 Å². The van der Waals surface area contributed by atoms with E-state index in [1.165, 1.54) is 0 Å². The summed E-state index contributed by atoms with van der Waals surface area (Å²) in [6.45, 7) is 1.96. The number of rotatable bonds is 11. The lowest BCUT2D eigenvalue weighted by atomic mass is 9.84. The second kappa shape index (κ2) is 12.4. The van der Waals surface area contributed by atoms with Gasteiger partial charge in [-0.25, -0.2) is 4.79 Å². The van der Waals surface area contributed by atoms with Crippen molar-refractivity contribution in [3.05, 3.63) is 125 Å². The van der Waals surface area contributed by atoms with Gasteiger partial charge in [-0.15, -0.1) is 0 Å². The maximum Gasteiger partial charge on any atom is 0.344 e. The molecule has 1 heterocycles. The fraction of sp³-hybridized carbons (Fsp3) is 0.200. The highest BCUT2D eigenvalue weighted by Crippen LogP contribution is 2.36. The average Bonchev–Trinajstić information content (AvgIpc) is 2.94. The van der Waals surface area contributed by atoms with Crippen molar-refractivity contribution in [1.82, 2.24) is 4.98 Å². The first kappa shape index (κ1) is 24.8. The lowest BCUT2D eigenvalue weighted by Crippen LogP contribution is -2.14. The van der Waals surface area contributed by atoms with E-state index >= 15 is 0 Å². The molecule has 0 aliphatic rings. The average molecular weight is 481 g/mol. The maximum atomic E-state index is 11.8. The zero-order valence-electron chi connectivity index (χ0n) is 20.1. The Bertz CT molecular complexity index is 1260. The normalized spacial score (nSPS) is 12.4. The Morgan fingerprint density at radius 1 is 0.833 bits per heavy atom. The van der Waals surface area contributed by atoms with Gasteiger partial charge in [-0.05, 0) is 65.4 Å². The number of aromatic nitrogens is 1. The van der Waals surface area contributed by atoms with Crippen LogP contribution in [-0.2, 0) is 9.53 Å². The molecule has 0 aliphatic heterocycles.